The van der Waals surface area contributed by atoms with Crippen molar-refractivity contribution >= 4 is 28.2 Å². The minimum atomic E-state index is -0.487. The maximum absolute atomic E-state index is 14.3. The molecule has 4 aromatic rings. The topological polar surface area (TPSA) is 96.8 Å². The van der Waals surface area contributed by atoms with E-state index in [0.717, 1.165) is 36.0 Å². The molecular weight excluding hydrogens is 443 g/mol. The van der Waals surface area contributed by atoms with Crippen LogP contribution < -0.4 is 10.6 Å². The number of carbonyl (C=O) groups excluding carboxylic acids is 1. The Kier molecular flexibility index (Phi) is 6.17. The SMILES string of the molecule is CN1CCC(NC(=O)c2ccccc2)CC1c1[nH]nc2cc(Nc3ccc(C#N)cc3F)ccc12. The summed E-state index contributed by atoms with van der Waals surface area (Å²) >= 11 is 0. The van der Waals surface area contributed by atoms with Gasteiger partial charge < -0.3 is 10.6 Å². The monoisotopic (exact) mass is 468 g/mol. The molecule has 176 valence electrons. The zero-order valence-corrected chi connectivity index (χ0v) is 19.3. The molecule has 1 aromatic heterocycles. The fraction of sp³-hybridized carbons (Fsp3) is 0.222. The van der Waals surface area contributed by atoms with E-state index in [9.17, 15) is 9.18 Å². The van der Waals surface area contributed by atoms with Gasteiger partial charge in [-0.1, -0.05) is 18.2 Å². The van der Waals surface area contributed by atoms with Crippen molar-refractivity contribution < 1.29 is 9.18 Å². The standard InChI is InChI=1S/C27H25FN6O/c1-34-12-11-20(31-27(35)18-5-3-2-4-6-18)15-25(34)26-21-9-8-19(14-24(21)32-33-26)30-23-10-7-17(16-29)13-22(23)28/h2-10,13-14,20,25,30H,11-12,15H2,1H3,(H,31,35)(H,32,33). The number of piperidine rings is 1. The first-order valence-electron chi connectivity index (χ1n) is 11.5. The average Bonchev–Trinajstić information content (AvgIpc) is 3.30. The van der Waals surface area contributed by atoms with Gasteiger partial charge in [0.1, 0.15) is 5.82 Å². The number of halogens is 1. The molecule has 0 aliphatic carbocycles. The van der Waals surface area contributed by atoms with Gasteiger partial charge in [-0.3, -0.25) is 14.8 Å². The Morgan fingerprint density at radius 3 is 2.77 bits per heavy atom. The summed E-state index contributed by atoms with van der Waals surface area (Å²) < 4.78 is 14.3. The third-order valence-corrected chi connectivity index (χ3v) is 6.54. The van der Waals surface area contributed by atoms with Crippen LogP contribution in [0.4, 0.5) is 15.8 Å². The van der Waals surface area contributed by atoms with E-state index in [0.29, 0.717) is 16.9 Å². The molecule has 2 heterocycles. The number of aromatic amines is 1. The van der Waals surface area contributed by atoms with Crippen molar-refractivity contribution in [2.75, 3.05) is 18.9 Å². The van der Waals surface area contributed by atoms with Gasteiger partial charge in [-0.05, 0) is 68.4 Å². The highest BCUT2D eigenvalue weighted by Gasteiger charge is 2.30. The highest BCUT2D eigenvalue weighted by atomic mass is 19.1. The average molecular weight is 469 g/mol. The van der Waals surface area contributed by atoms with Gasteiger partial charge in [0.15, 0.2) is 0 Å². The Bertz CT molecular complexity index is 1410. The fourth-order valence-corrected chi connectivity index (χ4v) is 4.62. The number of anilines is 2. The first kappa shape index (κ1) is 22.6. The lowest BCUT2D eigenvalue weighted by atomic mass is 9.93. The number of amides is 1. The number of rotatable bonds is 5. The van der Waals surface area contributed by atoms with Gasteiger partial charge in [0.25, 0.3) is 5.91 Å². The second kappa shape index (κ2) is 9.57. The molecule has 0 saturated carbocycles. The zero-order chi connectivity index (χ0) is 24.4. The Hall–Kier alpha value is -4.22. The molecule has 1 fully saturated rings. The van der Waals surface area contributed by atoms with Crippen molar-refractivity contribution in [1.29, 1.82) is 5.26 Å². The highest BCUT2D eigenvalue weighted by Crippen LogP contribution is 2.34. The second-order valence-electron chi connectivity index (χ2n) is 8.86. The number of hydrogen-bond acceptors (Lipinski definition) is 5. The Morgan fingerprint density at radius 2 is 2.00 bits per heavy atom. The minimum absolute atomic E-state index is 0.0564. The molecule has 1 saturated heterocycles. The quantitative estimate of drug-likeness (QED) is 0.388. The predicted octanol–water partition coefficient (Wildman–Crippen LogP) is 4.88. The van der Waals surface area contributed by atoms with E-state index in [-0.39, 0.29) is 23.6 Å². The van der Waals surface area contributed by atoms with Crippen LogP contribution in [-0.4, -0.2) is 40.6 Å². The smallest absolute Gasteiger partial charge is 0.251 e. The highest BCUT2D eigenvalue weighted by molar-refractivity contribution is 5.94. The van der Waals surface area contributed by atoms with Crippen LogP contribution in [0.1, 0.15) is 40.5 Å². The van der Waals surface area contributed by atoms with Crippen LogP contribution in [0.3, 0.4) is 0 Å². The molecule has 5 rings (SSSR count). The number of likely N-dealkylation sites (tertiary alicyclic amines) is 1. The molecule has 2 unspecified atom stereocenters. The van der Waals surface area contributed by atoms with Gasteiger partial charge >= 0.3 is 0 Å². The van der Waals surface area contributed by atoms with Gasteiger partial charge in [0.05, 0.1) is 34.6 Å². The predicted molar refractivity (Wildman–Crippen MR) is 133 cm³/mol. The fourth-order valence-electron chi connectivity index (χ4n) is 4.62. The number of nitrogens with zero attached hydrogens (tertiary/aromatic N) is 3. The number of nitriles is 1. The van der Waals surface area contributed by atoms with Crippen LogP contribution >= 0.6 is 0 Å². The Labute approximate surface area is 202 Å². The number of nitrogens with one attached hydrogen (secondary N) is 3. The van der Waals surface area contributed by atoms with E-state index in [1.165, 1.54) is 6.07 Å². The third-order valence-electron chi connectivity index (χ3n) is 6.54. The van der Waals surface area contributed by atoms with Crippen LogP contribution in [0.5, 0.6) is 0 Å². The molecule has 2 atom stereocenters. The summed E-state index contributed by atoms with van der Waals surface area (Å²) in [6.45, 7) is 0.850. The maximum atomic E-state index is 14.3. The van der Waals surface area contributed by atoms with Crippen molar-refractivity contribution in [3.63, 3.8) is 0 Å². The molecule has 8 heteroatoms. The zero-order valence-electron chi connectivity index (χ0n) is 19.3. The van der Waals surface area contributed by atoms with Crippen LogP contribution in [0, 0.1) is 17.1 Å². The minimum Gasteiger partial charge on any atom is -0.353 e. The van der Waals surface area contributed by atoms with Gasteiger partial charge in [0, 0.05) is 29.2 Å². The van der Waals surface area contributed by atoms with Crippen molar-refractivity contribution in [1.82, 2.24) is 20.4 Å². The lowest BCUT2D eigenvalue weighted by Gasteiger charge is -2.37. The number of benzene rings is 3. The van der Waals surface area contributed by atoms with E-state index in [4.69, 9.17) is 5.26 Å². The Balaban J connectivity index is 1.33. The molecule has 7 nitrogen and oxygen atoms in total. The summed E-state index contributed by atoms with van der Waals surface area (Å²) in [6.07, 6.45) is 1.64. The summed E-state index contributed by atoms with van der Waals surface area (Å²) in [6, 6.07) is 21.4. The third kappa shape index (κ3) is 4.72. The summed E-state index contributed by atoms with van der Waals surface area (Å²) in [5, 5.41) is 23.9. The van der Waals surface area contributed by atoms with E-state index < -0.39 is 5.82 Å². The first-order chi connectivity index (χ1) is 17.0. The van der Waals surface area contributed by atoms with Crippen LogP contribution in [0.15, 0.2) is 66.7 Å². The van der Waals surface area contributed by atoms with Crippen LogP contribution in [-0.2, 0) is 0 Å². The van der Waals surface area contributed by atoms with E-state index in [2.05, 4.69) is 32.8 Å². The van der Waals surface area contributed by atoms with Gasteiger partial charge in [-0.2, -0.15) is 10.4 Å². The lowest BCUT2D eigenvalue weighted by molar-refractivity contribution is 0.0887. The summed E-state index contributed by atoms with van der Waals surface area (Å²) in [4.78, 5) is 14.9. The second-order valence-corrected chi connectivity index (χ2v) is 8.86. The lowest BCUT2D eigenvalue weighted by Crippen LogP contribution is -2.45. The van der Waals surface area contributed by atoms with Crippen molar-refractivity contribution in [2.45, 2.75) is 24.9 Å². The van der Waals surface area contributed by atoms with Crippen LogP contribution in [0.25, 0.3) is 10.9 Å². The molecule has 35 heavy (non-hydrogen) atoms. The summed E-state index contributed by atoms with van der Waals surface area (Å²) in [5.41, 5.74) is 3.69. The molecule has 3 N–H and O–H groups in total. The molecule has 0 radical (unpaired) electrons. The van der Waals surface area contributed by atoms with Gasteiger partial charge in [-0.15, -0.1) is 0 Å². The van der Waals surface area contributed by atoms with E-state index in [1.54, 1.807) is 12.1 Å². The summed E-state index contributed by atoms with van der Waals surface area (Å²) in [7, 11) is 2.08. The van der Waals surface area contributed by atoms with Gasteiger partial charge in [0.2, 0.25) is 0 Å². The molecular formula is C27H25FN6O. The summed E-state index contributed by atoms with van der Waals surface area (Å²) in [5.74, 6) is -0.543. The molecule has 0 spiro atoms. The van der Waals surface area contributed by atoms with Gasteiger partial charge in [-0.25, -0.2) is 4.39 Å². The van der Waals surface area contributed by atoms with E-state index in [1.807, 2.05) is 54.6 Å². The molecule has 1 aliphatic rings. The first-order valence-corrected chi connectivity index (χ1v) is 11.5. The van der Waals surface area contributed by atoms with Crippen LogP contribution in [0.2, 0.25) is 0 Å². The number of hydrogen-bond donors (Lipinski definition) is 3. The normalized spacial score (nSPS) is 18.2. The molecule has 1 aliphatic heterocycles. The number of aromatic nitrogens is 2. The molecule has 0 bridgehead atoms. The van der Waals surface area contributed by atoms with Crippen molar-refractivity contribution in [3.05, 3.63) is 89.4 Å². The largest absolute Gasteiger partial charge is 0.353 e. The molecule has 1 amide bonds. The maximum Gasteiger partial charge on any atom is 0.251 e. The van der Waals surface area contributed by atoms with E-state index >= 15 is 0 Å². The van der Waals surface area contributed by atoms with Crippen molar-refractivity contribution in [2.24, 2.45) is 0 Å². The number of carbonyl (C=O) groups is 1. The number of fused-ring (bicyclic) bond motifs is 1. The molecule has 3 aromatic carbocycles. The van der Waals surface area contributed by atoms with Crippen molar-refractivity contribution in [3.8, 4) is 6.07 Å². The number of H-pyrrole nitrogens is 1. The Morgan fingerprint density at radius 1 is 1.17 bits per heavy atom.